The molecule has 0 saturated carbocycles. The van der Waals surface area contributed by atoms with Gasteiger partial charge in [0.15, 0.2) is 0 Å². The molecule has 0 fully saturated rings. The Morgan fingerprint density at radius 1 is 1.05 bits per heavy atom. The number of rotatable bonds is 9. The Hall–Kier alpha value is -2.36. The third-order valence-electron chi connectivity index (χ3n) is 2.46. The highest BCUT2D eigenvalue weighted by molar-refractivity contribution is 5.41. The smallest absolute Gasteiger partial charge is 0.119 e. The summed E-state index contributed by atoms with van der Waals surface area (Å²) in [7, 11) is 0. The van der Waals surface area contributed by atoms with Crippen LogP contribution in [0, 0.1) is 0 Å². The van der Waals surface area contributed by atoms with E-state index in [2.05, 4.69) is 13.2 Å². The average molecular weight is 274 g/mol. The maximum atomic E-state index is 5.59. The summed E-state index contributed by atoms with van der Waals surface area (Å²) in [6.45, 7) is 8.55. The first kappa shape index (κ1) is 15.7. The van der Waals surface area contributed by atoms with Crippen molar-refractivity contribution < 1.29 is 9.47 Å². The van der Waals surface area contributed by atoms with Gasteiger partial charge in [0.05, 0.1) is 13.2 Å². The average Bonchev–Trinajstić information content (AvgIpc) is 2.42. The van der Waals surface area contributed by atoms with Crippen molar-refractivity contribution in [3.63, 3.8) is 0 Å². The Bertz CT molecular complexity index is 464. The monoisotopic (exact) mass is 274 g/mol. The number of hydrogen-bond donors (Lipinski definition) is 2. The van der Waals surface area contributed by atoms with Gasteiger partial charge < -0.3 is 20.9 Å². The van der Waals surface area contributed by atoms with Gasteiger partial charge in [0.25, 0.3) is 0 Å². The van der Waals surface area contributed by atoms with E-state index in [1.807, 2.05) is 24.3 Å². The molecule has 0 aliphatic carbocycles. The van der Waals surface area contributed by atoms with Crippen molar-refractivity contribution >= 4 is 5.69 Å². The fraction of sp³-hybridized carbons (Fsp3) is 0.250. The molecule has 0 aliphatic rings. The largest absolute Gasteiger partial charge is 0.494 e. The van der Waals surface area contributed by atoms with Crippen LogP contribution in [0.3, 0.4) is 0 Å². The first-order valence-electron chi connectivity index (χ1n) is 6.50. The Balaban J connectivity index is 2.06. The lowest BCUT2D eigenvalue weighted by atomic mass is 10.3. The fourth-order valence-electron chi connectivity index (χ4n) is 1.41. The van der Waals surface area contributed by atoms with Crippen LogP contribution >= 0.6 is 0 Å². The zero-order chi connectivity index (χ0) is 14.8. The molecule has 4 heteroatoms. The number of hydrogen-bond acceptors (Lipinski definition) is 4. The van der Waals surface area contributed by atoms with Crippen LogP contribution in [0.25, 0.3) is 0 Å². The summed E-state index contributed by atoms with van der Waals surface area (Å²) in [4.78, 5) is 0. The minimum Gasteiger partial charge on any atom is -0.494 e. The molecule has 0 radical (unpaired) electrons. The highest BCUT2D eigenvalue weighted by atomic mass is 16.5. The first-order chi connectivity index (χ1) is 9.58. The van der Waals surface area contributed by atoms with Gasteiger partial charge in [0, 0.05) is 11.4 Å². The van der Waals surface area contributed by atoms with E-state index in [0.717, 1.165) is 24.3 Å². The molecule has 0 saturated heterocycles. The van der Waals surface area contributed by atoms with Gasteiger partial charge in [0.2, 0.25) is 0 Å². The maximum absolute atomic E-state index is 5.59. The molecule has 0 amide bonds. The van der Waals surface area contributed by atoms with Gasteiger partial charge >= 0.3 is 0 Å². The molecular weight excluding hydrogens is 252 g/mol. The first-order valence-corrected chi connectivity index (χ1v) is 6.50. The number of ether oxygens (including phenoxy) is 2. The molecule has 20 heavy (non-hydrogen) atoms. The summed E-state index contributed by atoms with van der Waals surface area (Å²) in [5.74, 6) is 1.41. The summed E-state index contributed by atoms with van der Waals surface area (Å²) in [5, 5.41) is 0. The van der Waals surface area contributed by atoms with Gasteiger partial charge in [-0.15, -0.1) is 0 Å². The molecule has 0 spiro atoms. The normalized spacial score (nSPS) is 10.4. The predicted octanol–water partition coefficient (Wildman–Crippen LogP) is 2.99. The standard InChI is InChI=1S/C16H22N2O2/c1-13(17)5-6-14(2)19-11-3-4-12-20-16-9-7-15(18)8-10-16/h5-10H,1-4,11-12,17-18H2/b6-5-. The van der Waals surface area contributed by atoms with Gasteiger partial charge in [-0.2, -0.15) is 0 Å². The van der Waals surface area contributed by atoms with Crippen molar-refractivity contribution in [3.8, 4) is 5.75 Å². The summed E-state index contributed by atoms with van der Waals surface area (Å²) in [6.07, 6.45) is 5.16. The van der Waals surface area contributed by atoms with Gasteiger partial charge in [0.1, 0.15) is 11.5 Å². The highest BCUT2D eigenvalue weighted by Crippen LogP contribution is 2.13. The Labute approximate surface area is 120 Å². The summed E-state index contributed by atoms with van der Waals surface area (Å²) < 4.78 is 11.0. The van der Waals surface area contributed by atoms with E-state index in [0.29, 0.717) is 24.7 Å². The minimum absolute atomic E-state index is 0.478. The second-order valence-electron chi connectivity index (χ2n) is 4.35. The van der Waals surface area contributed by atoms with Gasteiger partial charge in [-0.3, -0.25) is 0 Å². The maximum Gasteiger partial charge on any atom is 0.119 e. The summed E-state index contributed by atoms with van der Waals surface area (Å²) in [5.41, 5.74) is 12.2. The minimum atomic E-state index is 0.478. The van der Waals surface area contributed by atoms with Crippen molar-refractivity contribution in [1.82, 2.24) is 0 Å². The third-order valence-corrected chi connectivity index (χ3v) is 2.46. The molecule has 0 atom stereocenters. The Morgan fingerprint density at radius 3 is 2.35 bits per heavy atom. The zero-order valence-corrected chi connectivity index (χ0v) is 11.7. The van der Waals surface area contributed by atoms with Crippen LogP contribution in [0.5, 0.6) is 5.75 Å². The SMILES string of the molecule is C=C(N)/C=C\C(=C)OCCCCOc1ccc(N)cc1. The number of allylic oxidation sites excluding steroid dienone is 2. The number of nitrogen functional groups attached to an aromatic ring is 1. The van der Waals surface area contributed by atoms with Crippen LogP contribution in [-0.4, -0.2) is 13.2 Å². The molecule has 1 aromatic rings. The van der Waals surface area contributed by atoms with Crippen molar-refractivity contribution in [1.29, 1.82) is 0 Å². The number of anilines is 1. The lowest BCUT2D eigenvalue weighted by molar-refractivity contribution is 0.207. The van der Waals surface area contributed by atoms with Crippen molar-refractivity contribution in [2.45, 2.75) is 12.8 Å². The molecule has 0 aliphatic heterocycles. The molecule has 4 nitrogen and oxygen atoms in total. The summed E-state index contributed by atoms with van der Waals surface area (Å²) >= 11 is 0. The number of unbranched alkanes of at least 4 members (excludes halogenated alkanes) is 1. The lowest BCUT2D eigenvalue weighted by Crippen LogP contribution is -2.00. The molecule has 108 valence electrons. The van der Waals surface area contributed by atoms with Crippen LogP contribution in [0.15, 0.2) is 61.0 Å². The van der Waals surface area contributed by atoms with Crippen LogP contribution in [0.4, 0.5) is 5.69 Å². The van der Waals surface area contributed by atoms with Crippen molar-refractivity contribution in [3.05, 3.63) is 61.0 Å². The van der Waals surface area contributed by atoms with Crippen LogP contribution in [0.2, 0.25) is 0 Å². The highest BCUT2D eigenvalue weighted by Gasteiger charge is 1.95. The van der Waals surface area contributed by atoms with Crippen LogP contribution < -0.4 is 16.2 Å². The van der Waals surface area contributed by atoms with E-state index in [1.54, 1.807) is 12.2 Å². The lowest BCUT2D eigenvalue weighted by Gasteiger charge is -2.07. The molecule has 0 heterocycles. The van der Waals surface area contributed by atoms with Crippen molar-refractivity contribution in [2.75, 3.05) is 18.9 Å². The predicted molar refractivity (Wildman–Crippen MR) is 83.1 cm³/mol. The molecule has 0 unspecified atom stereocenters. The topological polar surface area (TPSA) is 70.5 Å². The van der Waals surface area contributed by atoms with Gasteiger partial charge in [-0.05, 0) is 49.3 Å². The van der Waals surface area contributed by atoms with E-state index in [-0.39, 0.29) is 0 Å². The quantitative estimate of drug-likeness (QED) is 0.314. The molecule has 0 bridgehead atoms. The van der Waals surface area contributed by atoms with E-state index in [9.17, 15) is 0 Å². The van der Waals surface area contributed by atoms with Crippen molar-refractivity contribution in [2.24, 2.45) is 5.73 Å². The van der Waals surface area contributed by atoms with Gasteiger partial charge in [-0.1, -0.05) is 13.2 Å². The number of benzene rings is 1. The Morgan fingerprint density at radius 2 is 1.70 bits per heavy atom. The molecule has 0 aromatic heterocycles. The second kappa shape index (κ2) is 8.69. The van der Waals surface area contributed by atoms with E-state index in [1.165, 1.54) is 0 Å². The molecule has 4 N–H and O–H groups in total. The van der Waals surface area contributed by atoms with Gasteiger partial charge in [-0.25, -0.2) is 0 Å². The van der Waals surface area contributed by atoms with E-state index >= 15 is 0 Å². The third kappa shape index (κ3) is 7.16. The summed E-state index contributed by atoms with van der Waals surface area (Å²) in [6, 6.07) is 7.36. The zero-order valence-electron chi connectivity index (χ0n) is 11.7. The Kier molecular flexibility index (Phi) is 6.82. The molecular formula is C16H22N2O2. The van der Waals surface area contributed by atoms with E-state index < -0.39 is 0 Å². The fourth-order valence-corrected chi connectivity index (χ4v) is 1.41. The second-order valence-corrected chi connectivity index (χ2v) is 4.35. The molecule has 1 rings (SSSR count). The van der Waals surface area contributed by atoms with Crippen LogP contribution in [0.1, 0.15) is 12.8 Å². The van der Waals surface area contributed by atoms with E-state index in [4.69, 9.17) is 20.9 Å². The molecule has 1 aromatic carbocycles. The number of nitrogens with two attached hydrogens (primary N) is 2. The van der Waals surface area contributed by atoms with Crippen LogP contribution in [-0.2, 0) is 4.74 Å².